The summed E-state index contributed by atoms with van der Waals surface area (Å²) in [7, 11) is 0. The molecule has 0 aliphatic rings. The van der Waals surface area contributed by atoms with E-state index in [1.807, 2.05) is 44.2 Å². The molecule has 18 heavy (non-hydrogen) atoms. The fourth-order valence-corrected chi connectivity index (χ4v) is 1.74. The molecule has 2 N–H and O–H groups in total. The molecule has 0 saturated carbocycles. The summed E-state index contributed by atoms with van der Waals surface area (Å²) in [6.45, 7) is 9.55. The molecule has 0 unspecified atom stereocenters. The number of hydrogen-bond acceptors (Lipinski definition) is 2. The SMILES string of the molecule is CC(C)NCCNC(=O)C(C)(C)c1ccccc1. The molecule has 3 nitrogen and oxygen atoms in total. The first-order valence-electron chi connectivity index (χ1n) is 6.52. The highest BCUT2D eigenvalue weighted by atomic mass is 16.2. The number of rotatable bonds is 6. The molecule has 0 saturated heterocycles. The molecular weight excluding hydrogens is 224 g/mol. The number of benzene rings is 1. The molecule has 1 rings (SSSR count). The van der Waals surface area contributed by atoms with Gasteiger partial charge in [-0.1, -0.05) is 44.2 Å². The molecule has 1 amide bonds. The maximum Gasteiger partial charge on any atom is 0.230 e. The van der Waals surface area contributed by atoms with Crippen molar-refractivity contribution < 1.29 is 4.79 Å². The molecule has 100 valence electrons. The Morgan fingerprint density at radius 2 is 1.78 bits per heavy atom. The van der Waals surface area contributed by atoms with Crippen molar-refractivity contribution in [3.8, 4) is 0 Å². The van der Waals surface area contributed by atoms with Crippen LogP contribution in [0.1, 0.15) is 33.3 Å². The first-order chi connectivity index (χ1) is 8.44. The summed E-state index contributed by atoms with van der Waals surface area (Å²) in [5.74, 6) is 0.0688. The Morgan fingerprint density at radius 1 is 1.17 bits per heavy atom. The zero-order chi connectivity index (χ0) is 13.6. The van der Waals surface area contributed by atoms with Crippen molar-refractivity contribution in [3.63, 3.8) is 0 Å². The lowest BCUT2D eigenvalue weighted by Gasteiger charge is -2.24. The van der Waals surface area contributed by atoms with Crippen molar-refractivity contribution in [3.05, 3.63) is 35.9 Å². The maximum atomic E-state index is 12.2. The van der Waals surface area contributed by atoms with Gasteiger partial charge in [0.1, 0.15) is 0 Å². The molecule has 1 aromatic carbocycles. The molecular formula is C15H24N2O. The van der Waals surface area contributed by atoms with Crippen molar-refractivity contribution in [2.75, 3.05) is 13.1 Å². The molecule has 0 heterocycles. The van der Waals surface area contributed by atoms with E-state index in [4.69, 9.17) is 0 Å². The second-order valence-electron chi connectivity index (χ2n) is 5.36. The fraction of sp³-hybridized carbons (Fsp3) is 0.533. The summed E-state index contributed by atoms with van der Waals surface area (Å²) in [4.78, 5) is 12.2. The minimum absolute atomic E-state index is 0.0688. The Kier molecular flexibility index (Phi) is 5.35. The highest BCUT2D eigenvalue weighted by molar-refractivity contribution is 5.87. The van der Waals surface area contributed by atoms with Crippen LogP contribution in [0.4, 0.5) is 0 Å². The second-order valence-corrected chi connectivity index (χ2v) is 5.36. The van der Waals surface area contributed by atoms with Gasteiger partial charge in [-0.2, -0.15) is 0 Å². The van der Waals surface area contributed by atoms with E-state index in [-0.39, 0.29) is 5.91 Å². The van der Waals surface area contributed by atoms with Crippen LogP contribution in [-0.2, 0) is 10.2 Å². The Bertz CT molecular complexity index is 371. The van der Waals surface area contributed by atoms with Crippen molar-refractivity contribution >= 4 is 5.91 Å². The third-order valence-electron chi connectivity index (χ3n) is 3.03. The average molecular weight is 248 g/mol. The molecule has 0 bridgehead atoms. The van der Waals surface area contributed by atoms with Crippen LogP contribution in [-0.4, -0.2) is 25.0 Å². The zero-order valence-electron chi connectivity index (χ0n) is 11.8. The summed E-state index contributed by atoms with van der Waals surface area (Å²) in [5, 5.41) is 6.25. The number of nitrogens with one attached hydrogen (secondary N) is 2. The summed E-state index contributed by atoms with van der Waals surface area (Å²) < 4.78 is 0. The van der Waals surface area contributed by atoms with Crippen molar-refractivity contribution in [2.24, 2.45) is 0 Å². The lowest BCUT2D eigenvalue weighted by molar-refractivity contribution is -0.125. The molecule has 0 spiro atoms. The van der Waals surface area contributed by atoms with Gasteiger partial charge in [0.15, 0.2) is 0 Å². The van der Waals surface area contributed by atoms with E-state index < -0.39 is 5.41 Å². The third-order valence-corrected chi connectivity index (χ3v) is 3.03. The van der Waals surface area contributed by atoms with Gasteiger partial charge in [-0.05, 0) is 19.4 Å². The number of hydrogen-bond donors (Lipinski definition) is 2. The molecule has 3 heteroatoms. The van der Waals surface area contributed by atoms with Crippen molar-refractivity contribution in [1.29, 1.82) is 0 Å². The number of amides is 1. The van der Waals surface area contributed by atoms with Crippen LogP contribution in [0.25, 0.3) is 0 Å². The van der Waals surface area contributed by atoms with Gasteiger partial charge in [0, 0.05) is 19.1 Å². The zero-order valence-corrected chi connectivity index (χ0v) is 11.8. The van der Waals surface area contributed by atoms with E-state index in [9.17, 15) is 4.79 Å². The van der Waals surface area contributed by atoms with Crippen LogP contribution >= 0.6 is 0 Å². The summed E-state index contributed by atoms with van der Waals surface area (Å²) in [6, 6.07) is 10.3. The lowest BCUT2D eigenvalue weighted by atomic mass is 9.84. The molecule has 0 fully saturated rings. The molecule has 0 aliphatic carbocycles. The van der Waals surface area contributed by atoms with Crippen LogP contribution in [0.5, 0.6) is 0 Å². The van der Waals surface area contributed by atoms with Gasteiger partial charge in [-0.3, -0.25) is 4.79 Å². The first kappa shape index (κ1) is 14.7. The van der Waals surface area contributed by atoms with Crippen molar-refractivity contribution in [1.82, 2.24) is 10.6 Å². The van der Waals surface area contributed by atoms with E-state index >= 15 is 0 Å². The number of carbonyl (C=O) groups is 1. The molecule has 0 atom stereocenters. The smallest absolute Gasteiger partial charge is 0.230 e. The van der Waals surface area contributed by atoms with E-state index in [1.165, 1.54) is 0 Å². The van der Waals surface area contributed by atoms with Crippen LogP contribution in [0.15, 0.2) is 30.3 Å². The standard InChI is InChI=1S/C15H24N2O/c1-12(2)16-10-11-17-14(18)15(3,4)13-8-6-5-7-9-13/h5-9,12,16H,10-11H2,1-4H3,(H,17,18). The third kappa shape index (κ3) is 4.15. The highest BCUT2D eigenvalue weighted by Crippen LogP contribution is 2.22. The highest BCUT2D eigenvalue weighted by Gasteiger charge is 2.28. The van der Waals surface area contributed by atoms with Crippen LogP contribution in [0.3, 0.4) is 0 Å². The van der Waals surface area contributed by atoms with Gasteiger partial charge < -0.3 is 10.6 Å². The molecule has 0 aliphatic heterocycles. The van der Waals surface area contributed by atoms with E-state index in [2.05, 4.69) is 24.5 Å². The van der Waals surface area contributed by atoms with Crippen molar-refractivity contribution in [2.45, 2.75) is 39.2 Å². The van der Waals surface area contributed by atoms with E-state index in [0.717, 1.165) is 12.1 Å². The quantitative estimate of drug-likeness (QED) is 0.757. The van der Waals surface area contributed by atoms with E-state index in [0.29, 0.717) is 12.6 Å². The van der Waals surface area contributed by atoms with Gasteiger partial charge in [-0.15, -0.1) is 0 Å². The van der Waals surface area contributed by atoms with E-state index in [1.54, 1.807) is 0 Å². The average Bonchev–Trinajstić information content (AvgIpc) is 2.35. The van der Waals surface area contributed by atoms with Crippen LogP contribution < -0.4 is 10.6 Å². The molecule has 0 aromatic heterocycles. The Labute approximate surface area is 110 Å². The second kappa shape index (κ2) is 6.55. The lowest BCUT2D eigenvalue weighted by Crippen LogP contribution is -2.43. The monoisotopic (exact) mass is 248 g/mol. The van der Waals surface area contributed by atoms with Crippen LogP contribution in [0, 0.1) is 0 Å². The first-order valence-corrected chi connectivity index (χ1v) is 6.52. The molecule has 1 aromatic rings. The predicted octanol–water partition coefficient (Wildman–Crippen LogP) is 2.08. The van der Waals surface area contributed by atoms with Gasteiger partial charge in [0.2, 0.25) is 5.91 Å². The number of carbonyl (C=O) groups excluding carboxylic acids is 1. The van der Waals surface area contributed by atoms with Gasteiger partial charge in [0.25, 0.3) is 0 Å². The molecule has 0 radical (unpaired) electrons. The van der Waals surface area contributed by atoms with Gasteiger partial charge in [-0.25, -0.2) is 0 Å². The topological polar surface area (TPSA) is 41.1 Å². The largest absolute Gasteiger partial charge is 0.354 e. The summed E-state index contributed by atoms with van der Waals surface area (Å²) >= 11 is 0. The normalized spacial score (nSPS) is 11.6. The van der Waals surface area contributed by atoms with Gasteiger partial charge >= 0.3 is 0 Å². The predicted molar refractivity (Wildman–Crippen MR) is 75.6 cm³/mol. The Balaban J connectivity index is 2.50. The van der Waals surface area contributed by atoms with Crippen LogP contribution in [0.2, 0.25) is 0 Å². The fourth-order valence-electron chi connectivity index (χ4n) is 1.74. The minimum atomic E-state index is -0.487. The Hall–Kier alpha value is -1.35. The minimum Gasteiger partial charge on any atom is -0.354 e. The Morgan fingerprint density at radius 3 is 2.33 bits per heavy atom. The maximum absolute atomic E-state index is 12.2. The summed E-state index contributed by atoms with van der Waals surface area (Å²) in [6.07, 6.45) is 0. The van der Waals surface area contributed by atoms with Gasteiger partial charge in [0.05, 0.1) is 5.41 Å². The summed E-state index contributed by atoms with van der Waals surface area (Å²) in [5.41, 5.74) is 0.554.